The maximum absolute atomic E-state index is 11.2. The second kappa shape index (κ2) is 4.13. The number of aromatic nitrogens is 5. The van der Waals surface area contributed by atoms with Crippen LogP contribution in [0.1, 0.15) is 15.4 Å². The Morgan fingerprint density at radius 3 is 3.10 bits per heavy atom. The van der Waals surface area contributed by atoms with Crippen LogP contribution >= 0.6 is 11.3 Å². The van der Waals surface area contributed by atoms with E-state index in [0.717, 1.165) is 27.2 Å². The first-order valence-corrected chi connectivity index (χ1v) is 7.03. The van der Waals surface area contributed by atoms with Crippen LogP contribution in [0, 0.1) is 6.92 Å². The molecular weight excluding hydrogens is 288 g/mol. The van der Waals surface area contributed by atoms with Crippen LogP contribution in [-0.4, -0.2) is 30.1 Å². The van der Waals surface area contributed by atoms with Gasteiger partial charge >= 0.3 is 0 Å². The number of rotatable bonds is 2. The fourth-order valence-electron chi connectivity index (χ4n) is 2.33. The molecule has 4 aromatic heterocycles. The van der Waals surface area contributed by atoms with Crippen molar-refractivity contribution in [1.82, 2.24) is 24.1 Å². The Bertz CT molecular complexity index is 995. The number of carbonyl (C=O) groups excluding carboxylic acids is 1. The Morgan fingerprint density at radius 2 is 2.29 bits per heavy atom. The van der Waals surface area contributed by atoms with Gasteiger partial charge in [0, 0.05) is 6.20 Å². The molecule has 0 aliphatic rings. The number of hydrogen-bond acceptors (Lipinski definition) is 5. The van der Waals surface area contributed by atoms with E-state index in [0.29, 0.717) is 5.01 Å². The van der Waals surface area contributed by atoms with Crippen LogP contribution in [0.2, 0.25) is 0 Å². The number of hydrogen-bond donors (Lipinski definition) is 1. The molecule has 8 heteroatoms. The van der Waals surface area contributed by atoms with E-state index < -0.39 is 5.91 Å². The van der Waals surface area contributed by atoms with E-state index in [1.165, 1.54) is 17.7 Å². The predicted octanol–water partition coefficient (Wildman–Crippen LogP) is 1.54. The summed E-state index contributed by atoms with van der Waals surface area (Å²) in [6.45, 7) is 1.98. The van der Waals surface area contributed by atoms with E-state index in [2.05, 4.69) is 15.1 Å². The molecule has 104 valence electrons. The second-order valence-corrected chi connectivity index (χ2v) is 5.65. The number of carbonyl (C=O) groups is 1. The molecule has 2 N–H and O–H groups in total. The minimum absolute atomic E-state index is 0.313. The predicted molar refractivity (Wildman–Crippen MR) is 78.7 cm³/mol. The van der Waals surface area contributed by atoms with Gasteiger partial charge in [0.1, 0.15) is 16.7 Å². The number of fused-ring (bicyclic) bond motifs is 2. The van der Waals surface area contributed by atoms with Crippen molar-refractivity contribution in [2.24, 2.45) is 5.73 Å². The summed E-state index contributed by atoms with van der Waals surface area (Å²) in [5.41, 5.74) is 8.82. The normalized spacial score (nSPS) is 11.5. The molecule has 4 aromatic rings. The Hall–Kier alpha value is -2.74. The molecule has 0 fully saturated rings. The first-order chi connectivity index (χ1) is 10.1. The summed E-state index contributed by atoms with van der Waals surface area (Å²) >= 11 is 1.28. The van der Waals surface area contributed by atoms with E-state index in [4.69, 9.17) is 5.73 Å². The number of primary amides is 1. The van der Waals surface area contributed by atoms with Gasteiger partial charge in [-0.3, -0.25) is 4.79 Å². The molecule has 0 saturated heterocycles. The summed E-state index contributed by atoms with van der Waals surface area (Å²) in [4.78, 5) is 20.6. The molecule has 7 nitrogen and oxygen atoms in total. The molecule has 21 heavy (non-hydrogen) atoms. The lowest BCUT2D eigenvalue weighted by molar-refractivity contribution is 0.1000. The van der Waals surface area contributed by atoms with E-state index >= 15 is 0 Å². The standard InChI is InChI=1S/C13H10N6OS/c1-7-4-8(5-19-11(7)15-6-16-19)18-3-2-9-13(18)21-12(17-9)10(14)20/h2-6H,1H3,(H2,14,20). The Kier molecular flexibility index (Phi) is 2.36. The molecule has 4 heterocycles. The summed E-state index contributed by atoms with van der Waals surface area (Å²) in [6.07, 6.45) is 5.32. The highest BCUT2D eigenvalue weighted by Gasteiger charge is 2.14. The van der Waals surface area contributed by atoms with Crippen LogP contribution in [0.25, 0.3) is 21.7 Å². The lowest BCUT2D eigenvalue weighted by Crippen LogP contribution is -2.09. The summed E-state index contributed by atoms with van der Waals surface area (Å²) in [5.74, 6) is -0.509. The Balaban J connectivity index is 1.96. The van der Waals surface area contributed by atoms with Gasteiger partial charge in [-0.05, 0) is 24.6 Å². The highest BCUT2D eigenvalue weighted by atomic mass is 32.1. The summed E-state index contributed by atoms with van der Waals surface area (Å²) in [5, 5.41) is 4.48. The first-order valence-electron chi connectivity index (χ1n) is 6.21. The van der Waals surface area contributed by atoms with Gasteiger partial charge in [-0.1, -0.05) is 11.3 Å². The van der Waals surface area contributed by atoms with Crippen molar-refractivity contribution < 1.29 is 4.79 Å². The van der Waals surface area contributed by atoms with Crippen LogP contribution < -0.4 is 5.73 Å². The van der Waals surface area contributed by atoms with Gasteiger partial charge in [0.05, 0.1) is 11.9 Å². The second-order valence-electron chi connectivity index (χ2n) is 4.67. The van der Waals surface area contributed by atoms with Gasteiger partial charge in [0.15, 0.2) is 10.7 Å². The highest BCUT2D eigenvalue weighted by molar-refractivity contribution is 7.20. The molecule has 0 radical (unpaired) electrons. The van der Waals surface area contributed by atoms with Gasteiger partial charge in [0.2, 0.25) is 0 Å². The fraction of sp³-hybridized carbons (Fsp3) is 0.0769. The van der Waals surface area contributed by atoms with Crippen LogP contribution in [0.3, 0.4) is 0 Å². The Morgan fingerprint density at radius 1 is 1.43 bits per heavy atom. The monoisotopic (exact) mass is 298 g/mol. The minimum atomic E-state index is -0.509. The number of aryl methyl sites for hydroxylation is 1. The molecule has 0 atom stereocenters. The smallest absolute Gasteiger partial charge is 0.277 e. The van der Waals surface area contributed by atoms with E-state index in [9.17, 15) is 4.79 Å². The van der Waals surface area contributed by atoms with Crippen molar-refractivity contribution in [3.63, 3.8) is 0 Å². The van der Waals surface area contributed by atoms with Gasteiger partial charge in [-0.25, -0.2) is 14.5 Å². The number of amides is 1. The molecule has 0 aliphatic carbocycles. The van der Waals surface area contributed by atoms with Crippen LogP contribution in [0.15, 0.2) is 30.9 Å². The number of nitrogens with two attached hydrogens (primary N) is 1. The summed E-state index contributed by atoms with van der Waals surface area (Å²) in [6, 6.07) is 3.88. The number of thiazole rings is 1. The van der Waals surface area contributed by atoms with Gasteiger partial charge in [0.25, 0.3) is 5.91 Å². The van der Waals surface area contributed by atoms with Gasteiger partial charge in [-0.15, -0.1) is 0 Å². The van der Waals surface area contributed by atoms with Crippen molar-refractivity contribution in [2.45, 2.75) is 6.92 Å². The third-order valence-electron chi connectivity index (χ3n) is 3.27. The van der Waals surface area contributed by atoms with Crippen molar-refractivity contribution >= 4 is 33.2 Å². The average Bonchev–Trinajstić information content (AvgIpc) is 3.12. The zero-order chi connectivity index (χ0) is 14.6. The van der Waals surface area contributed by atoms with E-state index in [1.54, 1.807) is 4.52 Å². The molecule has 1 amide bonds. The molecule has 0 unspecified atom stereocenters. The maximum atomic E-state index is 11.2. The van der Waals surface area contributed by atoms with Crippen LogP contribution in [0.5, 0.6) is 0 Å². The van der Waals surface area contributed by atoms with Gasteiger partial charge in [-0.2, -0.15) is 5.10 Å². The zero-order valence-electron chi connectivity index (χ0n) is 11.0. The summed E-state index contributed by atoms with van der Waals surface area (Å²) < 4.78 is 3.69. The van der Waals surface area contributed by atoms with E-state index in [1.807, 2.05) is 36.0 Å². The highest BCUT2D eigenvalue weighted by Crippen LogP contribution is 2.26. The first kappa shape index (κ1) is 12.0. The van der Waals surface area contributed by atoms with Crippen molar-refractivity contribution in [1.29, 1.82) is 0 Å². The van der Waals surface area contributed by atoms with Crippen LogP contribution in [0.4, 0.5) is 0 Å². The Labute approximate surface area is 122 Å². The molecule has 4 rings (SSSR count). The third kappa shape index (κ3) is 1.73. The number of pyridine rings is 1. The lowest BCUT2D eigenvalue weighted by Gasteiger charge is -2.06. The average molecular weight is 298 g/mol. The molecule has 0 saturated carbocycles. The lowest BCUT2D eigenvalue weighted by atomic mass is 10.3. The summed E-state index contributed by atoms with van der Waals surface area (Å²) in [7, 11) is 0. The maximum Gasteiger partial charge on any atom is 0.277 e. The molecular formula is C13H10N6OS. The van der Waals surface area contributed by atoms with Crippen molar-refractivity contribution in [2.75, 3.05) is 0 Å². The van der Waals surface area contributed by atoms with Gasteiger partial charge < -0.3 is 10.3 Å². The van der Waals surface area contributed by atoms with E-state index in [-0.39, 0.29) is 0 Å². The largest absolute Gasteiger partial charge is 0.364 e. The molecule has 0 spiro atoms. The molecule has 0 aromatic carbocycles. The van der Waals surface area contributed by atoms with Crippen molar-refractivity contribution in [3.05, 3.63) is 41.4 Å². The third-order valence-corrected chi connectivity index (χ3v) is 4.35. The van der Waals surface area contributed by atoms with Crippen LogP contribution in [-0.2, 0) is 0 Å². The fourth-order valence-corrected chi connectivity index (χ4v) is 3.24. The molecule has 0 aliphatic heterocycles. The topological polar surface area (TPSA) is 91.1 Å². The minimum Gasteiger partial charge on any atom is -0.364 e. The zero-order valence-corrected chi connectivity index (χ0v) is 11.8. The quantitative estimate of drug-likeness (QED) is 0.607. The van der Waals surface area contributed by atoms with Crippen molar-refractivity contribution in [3.8, 4) is 5.69 Å². The molecule has 0 bridgehead atoms. The SMILES string of the molecule is Cc1cc(-n2ccc3nc(C(N)=O)sc32)cn2ncnc12. The number of nitrogens with zero attached hydrogens (tertiary/aromatic N) is 5.